The molecule has 115 valence electrons. The zero-order chi connectivity index (χ0) is 14.5. The molecule has 0 saturated heterocycles. The standard InChI is InChI=1S/C16H18NO2S.Ir/c1-11(2)20-13-7-8-17-15(10-13)14-6-5-12(18-3)9-16(14)19-4;/h5,7-11H,1-4H3;/q-1;. The molecule has 0 aliphatic carbocycles. The second kappa shape index (κ2) is 8.42. The van der Waals surface area contributed by atoms with E-state index in [-0.39, 0.29) is 20.1 Å². The predicted molar refractivity (Wildman–Crippen MR) is 82.6 cm³/mol. The topological polar surface area (TPSA) is 31.4 Å². The van der Waals surface area contributed by atoms with Crippen molar-refractivity contribution in [2.24, 2.45) is 0 Å². The second-order valence-corrected chi connectivity index (χ2v) is 6.18. The molecule has 1 aromatic heterocycles. The molecule has 3 nitrogen and oxygen atoms in total. The Balaban J connectivity index is 0.00000220. The minimum absolute atomic E-state index is 0. The summed E-state index contributed by atoms with van der Waals surface area (Å²) in [4.78, 5) is 5.61. The summed E-state index contributed by atoms with van der Waals surface area (Å²) >= 11 is 1.81. The van der Waals surface area contributed by atoms with Crippen molar-refractivity contribution in [3.8, 4) is 22.8 Å². The summed E-state index contributed by atoms with van der Waals surface area (Å²) in [6.07, 6.45) is 1.82. The summed E-state index contributed by atoms with van der Waals surface area (Å²) in [5.74, 6) is 1.43. The molecule has 5 heteroatoms. The van der Waals surface area contributed by atoms with E-state index in [1.807, 2.05) is 30.1 Å². The maximum atomic E-state index is 5.41. The molecule has 0 spiro atoms. The number of pyridine rings is 1. The SMILES string of the molecule is COc1c[c-]c(-c2cc(SC(C)C)ccn2)c(OC)c1.[Ir]. The van der Waals surface area contributed by atoms with Crippen molar-refractivity contribution in [3.05, 3.63) is 36.5 Å². The van der Waals surface area contributed by atoms with Crippen molar-refractivity contribution >= 4 is 11.8 Å². The van der Waals surface area contributed by atoms with Gasteiger partial charge in [-0.3, -0.25) is 0 Å². The first kappa shape index (κ1) is 18.0. The Bertz CT molecular complexity index is 590. The fraction of sp³-hybridized carbons (Fsp3) is 0.312. The molecule has 0 saturated carbocycles. The van der Waals surface area contributed by atoms with E-state index in [0.717, 1.165) is 17.0 Å². The van der Waals surface area contributed by atoms with E-state index in [2.05, 4.69) is 31.0 Å². The summed E-state index contributed by atoms with van der Waals surface area (Å²) in [5, 5.41) is 0.534. The van der Waals surface area contributed by atoms with Gasteiger partial charge in [0.2, 0.25) is 0 Å². The molecule has 1 aromatic carbocycles. The Labute approximate surface area is 143 Å². The van der Waals surface area contributed by atoms with Crippen molar-refractivity contribution in [1.82, 2.24) is 4.98 Å². The maximum Gasteiger partial charge on any atom is 0.0647 e. The largest absolute Gasteiger partial charge is 0.540 e. The molecule has 0 atom stereocenters. The summed E-state index contributed by atoms with van der Waals surface area (Å²) in [6.45, 7) is 4.34. The molecule has 0 aliphatic heterocycles. The Kier molecular flexibility index (Phi) is 7.23. The second-order valence-electron chi connectivity index (χ2n) is 4.53. The third kappa shape index (κ3) is 4.73. The summed E-state index contributed by atoms with van der Waals surface area (Å²) in [7, 11) is 3.26. The van der Waals surface area contributed by atoms with Gasteiger partial charge in [0.1, 0.15) is 0 Å². The number of hydrogen-bond donors (Lipinski definition) is 0. The van der Waals surface area contributed by atoms with Crippen LogP contribution in [0, 0.1) is 6.07 Å². The van der Waals surface area contributed by atoms with Gasteiger partial charge >= 0.3 is 0 Å². The quantitative estimate of drug-likeness (QED) is 0.477. The minimum atomic E-state index is 0. The van der Waals surface area contributed by atoms with Gasteiger partial charge in [-0.05, 0) is 11.8 Å². The predicted octanol–water partition coefficient (Wildman–Crippen LogP) is 4.06. The molecule has 0 unspecified atom stereocenters. The molecule has 21 heavy (non-hydrogen) atoms. The molecular weight excluding hydrogens is 462 g/mol. The van der Waals surface area contributed by atoms with Gasteiger partial charge < -0.3 is 14.5 Å². The number of rotatable bonds is 5. The molecule has 2 rings (SSSR count). The third-order valence-corrected chi connectivity index (χ3v) is 3.69. The van der Waals surface area contributed by atoms with Crippen LogP contribution in [0.25, 0.3) is 11.3 Å². The van der Waals surface area contributed by atoms with Gasteiger partial charge in [-0.25, -0.2) is 0 Å². The van der Waals surface area contributed by atoms with Gasteiger partial charge in [0.25, 0.3) is 0 Å². The van der Waals surface area contributed by atoms with Crippen LogP contribution < -0.4 is 9.47 Å². The van der Waals surface area contributed by atoms with Gasteiger partial charge in [0.05, 0.1) is 14.2 Å². The van der Waals surface area contributed by atoms with E-state index < -0.39 is 0 Å². The Morgan fingerprint density at radius 3 is 2.57 bits per heavy atom. The average molecular weight is 481 g/mol. The number of benzene rings is 1. The zero-order valence-electron chi connectivity index (χ0n) is 12.5. The number of aromatic nitrogens is 1. The van der Waals surface area contributed by atoms with Crippen LogP contribution in [0.15, 0.2) is 35.4 Å². The zero-order valence-corrected chi connectivity index (χ0v) is 15.7. The molecule has 0 fully saturated rings. The van der Waals surface area contributed by atoms with E-state index in [9.17, 15) is 0 Å². The smallest absolute Gasteiger partial charge is 0.0647 e. The van der Waals surface area contributed by atoms with Gasteiger partial charge in [0.15, 0.2) is 0 Å². The van der Waals surface area contributed by atoms with Crippen LogP contribution in [0.3, 0.4) is 0 Å². The Morgan fingerprint density at radius 1 is 1.19 bits per heavy atom. The fourth-order valence-corrected chi connectivity index (χ4v) is 2.69. The van der Waals surface area contributed by atoms with Crippen LogP contribution in [-0.4, -0.2) is 24.5 Å². The number of ether oxygens (including phenoxy) is 2. The Morgan fingerprint density at radius 2 is 1.95 bits per heavy atom. The van der Waals surface area contributed by atoms with Gasteiger partial charge in [0, 0.05) is 47.9 Å². The third-order valence-electron chi connectivity index (χ3n) is 2.69. The van der Waals surface area contributed by atoms with E-state index in [4.69, 9.17) is 9.47 Å². The maximum absolute atomic E-state index is 5.41. The van der Waals surface area contributed by atoms with Gasteiger partial charge in [-0.1, -0.05) is 31.5 Å². The molecule has 2 aromatic rings. The van der Waals surface area contributed by atoms with E-state index in [0.29, 0.717) is 11.0 Å². The Hall–Kier alpha value is -1.03. The molecule has 1 radical (unpaired) electrons. The summed E-state index contributed by atoms with van der Waals surface area (Å²) in [6, 6.07) is 10.9. The molecule has 1 heterocycles. The summed E-state index contributed by atoms with van der Waals surface area (Å²) < 4.78 is 10.6. The molecule has 0 bridgehead atoms. The molecule has 0 N–H and O–H groups in total. The van der Waals surface area contributed by atoms with Crippen molar-refractivity contribution in [1.29, 1.82) is 0 Å². The van der Waals surface area contributed by atoms with E-state index in [1.165, 1.54) is 4.90 Å². The first-order valence-corrected chi connectivity index (χ1v) is 7.28. The van der Waals surface area contributed by atoms with Gasteiger partial charge in [-0.2, -0.15) is 0 Å². The number of thioether (sulfide) groups is 1. The molecular formula is C16H18IrNO2S-. The number of hydrogen-bond acceptors (Lipinski definition) is 4. The van der Waals surface area contributed by atoms with Crippen LogP contribution >= 0.6 is 11.8 Å². The number of methoxy groups -OCH3 is 2. The van der Waals surface area contributed by atoms with Crippen LogP contribution in [-0.2, 0) is 20.1 Å². The first-order valence-electron chi connectivity index (χ1n) is 6.41. The average Bonchev–Trinajstić information content (AvgIpc) is 2.46. The molecule has 0 amide bonds. The van der Waals surface area contributed by atoms with Crippen LogP contribution in [0.4, 0.5) is 0 Å². The van der Waals surface area contributed by atoms with Gasteiger partial charge in [-0.15, -0.1) is 23.9 Å². The number of nitrogens with zero attached hydrogens (tertiary/aromatic N) is 1. The van der Waals surface area contributed by atoms with Crippen LogP contribution in [0.2, 0.25) is 0 Å². The monoisotopic (exact) mass is 481 g/mol. The minimum Gasteiger partial charge on any atom is -0.540 e. The van der Waals surface area contributed by atoms with Crippen molar-refractivity contribution < 1.29 is 29.6 Å². The van der Waals surface area contributed by atoms with E-state index in [1.54, 1.807) is 20.3 Å². The van der Waals surface area contributed by atoms with E-state index >= 15 is 0 Å². The van der Waals surface area contributed by atoms with Crippen LogP contribution in [0.5, 0.6) is 11.5 Å². The fourth-order valence-electron chi connectivity index (χ4n) is 1.83. The van der Waals surface area contributed by atoms with Crippen LogP contribution in [0.1, 0.15) is 13.8 Å². The van der Waals surface area contributed by atoms with Crippen molar-refractivity contribution in [3.63, 3.8) is 0 Å². The first-order chi connectivity index (χ1) is 9.63. The van der Waals surface area contributed by atoms with Crippen molar-refractivity contribution in [2.45, 2.75) is 24.0 Å². The molecule has 0 aliphatic rings. The summed E-state index contributed by atoms with van der Waals surface area (Å²) in [5.41, 5.74) is 1.70. The normalized spacial score (nSPS) is 10.1. The van der Waals surface area contributed by atoms with Crippen molar-refractivity contribution in [2.75, 3.05) is 14.2 Å².